The standard InChI is InChI=1S/C18H20F2N4O3/c1-11-15(20)16(25)22-18(21-11)24-9-7-23(8-10-24)17(26)12(2)27-14-6-4-3-5-13(14)19/h3-6,12H,7-10H2,1-2H3,(H,21,22,25). The van der Waals surface area contributed by atoms with Crippen LogP contribution in [0.2, 0.25) is 0 Å². The van der Waals surface area contributed by atoms with Gasteiger partial charge in [0.15, 0.2) is 17.7 Å². The monoisotopic (exact) mass is 378 g/mol. The van der Waals surface area contributed by atoms with E-state index in [0.717, 1.165) is 0 Å². The molecule has 1 aliphatic rings. The van der Waals surface area contributed by atoms with Gasteiger partial charge in [0.2, 0.25) is 11.8 Å². The number of H-pyrrole nitrogens is 1. The second-order valence-electron chi connectivity index (χ2n) is 6.29. The second kappa shape index (κ2) is 7.73. The lowest BCUT2D eigenvalue weighted by molar-refractivity contribution is -0.138. The molecule has 0 radical (unpaired) electrons. The van der Waals surface area contributed by atoms with Gasteiger partial charge in [0.05, 0.1) is 5.69 Å². The van der Waals surface area contributed by atoms with E-state index in [0.29, 0.717) is 26.2 Å². The lowest BCUT2D eigenvalue weighted by Crippen LogP contribution is -2.52. The number of ether oxygens (including phenoxy) is 1. The molecular formula is C18H20F2N4O3. The van der Waals surface area contributed by atoms with Gasteiger partial charge >= 0.3 is 0 Å². The number of hydrogen-bond acceptors (Lipinski definition) is 5. The maximum absolute atomic E-state index is 13.7. The molecule has 7 nitrogen and oxygen atoms in total. The van der Waals surface area contributed by atoms with Gasteiger partial charge in [0, 0.05) is 26.2 Å². The summed E-state index contributed by atoms with van der Waals surface area (Å²) in [5, 5.41) is 0. The molecule has 1 amide bonds. The number of nitrogens with one attached hydrogen (secondary N) is 1. The Bertz CT molecular complexity index is 894. The first-order valence-electron chi connectivity index (χ1n) is 8.58. The molecule has 0 bridgehead atoms. The Morgan fingerprint density at radius 2 is 1.89 bits per heavy atom. The van der Waals surface area contributed by atoms with Crippen LogP contribution < -0.4 is 15.2 Å². The maximum atomic E-state index is 13.7. The minimum Gasteiger partial charge on any atom is -0.478 e. The summed E-state index contributed by atoms with van der Waals surface area (Å²) in [6.07, 6.45) is -0.834. The summed E-state index contributed by atoms with van der Waals surface area (Å²) in [6.45, 7) is 4.60. The average molecular weight is 378 g/mol. The molecule has 1 unspecified atom stereocenters. The van der Waals surface area contributed by atoms with Gasteiger partial charge in [-0.15, -0.1) is 0 Å². The molecule has 1 aliphatic heterocycles. The van der Waals surface area contributed by atoms with Crippen molar-refractivity contribution in [1.29, 1.82) is 0 Å². The van der Waals surface area contributed by atoms with E-state index in [1.165, 1.54) is 19.1 Å². The minimum absolute atomic E-state index is 0.0270. The maximum Gasteiger partial charge on any atom is 0.288 e. The zero-order valence-corrected chi connectivity index (χ0v) is 15.0. The van der Waals surface area contributed by atoms with Crippen molar-refractivity contribution in [2.24, 2.45) is 0 Å². The Hall–Kier alpha value is -2.97. The summed E-state index contributed by atoms with van der Waals surface area (Å²) in [7, 11) is 0. The van der Waals surface area contributed by atoms with Gasteiger partial charge in [0.1, 0.15) is 0 Å². The summed E-state index contributed by atoms with van der Waals surface area (Å²) in [5.74, 6) is -1.37. The number of nitrogens with zero attached hydrogens (tertiary/aromatic N) is 3. The average Bonchev–Trinajstić information content (AvgIpc) is 2.67. The van der Waals surface area contributed by atoms with Crippen molar-refractivity contribution in [2.45, 2.75) is 20.0 Å². The fourth-order valence-electron chi connectivity index (χ4n) is 2.88. The zero-order valence-electron chi connectivity index (χ0n) is 15.0. The van der Waals surface area contributed by atoms with Crippen molar-refractivity contribution in [2.75, 3.05) is 31.1 Å². The van der Waals surface area contributed by atoms with Crippen LogP contribution in [-0.2, 0) is 4.79 Å². The van der Waals surface area contributed by atoms with E-state index in [4.69, 9.17) is 4.74 Å². The van der Waals surface area contributed by atoms with Gasteiger partial charge in [-0.05, 0) is 26.0 Å². The molecule has 144 valence electrons. The van der Waals surface area contributed by atoms with Crippen LogP contribution >= 0.6 is 0 Å². The van der Waals surface area contributed by atoms with Gasteiger partial charge in [-0.25, -0.2) is 9.37 Å². The Kier molecular flexibility index (Phi) is 5.38. The highest BCUT2D eigenvalue weighted by molar-refractivity contribution is 5.81. The topological polar surface area (TPSA) is 78.5 Å². The predicted octanol–water partition coefficient (Wildman–Crippen LogP) is 1.47. The highest BCUT2D eigenvalue weighted by Gasteiger charge is 2.27. The van der Waals surface area contributed by atoms with Crippen LogP contribution in [0.15, 0.2) is 29.1 Å². The van der Waals surface area contributed by atoms with Crippen LogP contribution in [-0.4, -0.2) is 53.1 Å². The highest BCUT2D eigenvalue weighted by atomic mass is 19.1. The van der Waals surface area contributed by atoms with Crippen LogP contribution in [0.25, 0.3) is 0 Å². The van der Waals surface area contributed by atoms with Crippen molar-refractivity contribution < 1.29 is 18.3 Å². The molecule has 2 heterocycles. The van der Waals surface area contributed by atoms with Gasteiger partial charge in [0.25, 0.3) is 11.5 Å². The van der Waals surface area contributed by atoms with Gasteiger partial charge in [-0.3, -0.25) is 14.6 Å². The number of halogens is 2. The summed E-state index contributed by atoms with van der Waals surface area (Å²) in [4.78, 5) is 33.9. The summed E-state index contributed by atoms with van der Waals surface area (Å²) in [6, 6.07) is 5.91. The fourth-order valence-corrected chi connectivity index (χ4v) is 2.88. The van der Waals surface area contributed by atoms with Gasteiger partial charge < -0.3 is 14.5 Å². The molecule has 0 aliphatic carbocycles. The zero-order chi connectivity index (χ0) is 19.6. The molecule has 1 N–H and O–H groups in total. The largest absolute Gasteiger partial charge is 0.478 e. The van der Waals surface area contributed by atoms with E-state index in [2.05, 4.69) is 9.97 Å². The summed E-state index contributed by atoms with van der Waals surface area (Å²) >= 11 is 0. The molecule has 0 spiro atoms. The van der Waals surface area contributed by atoms with Crippen LogP contribution in [0.4, 0.5) is 14.7 Å². The van der Waals surface area contributed by atoms with Gasteiger partial charge in [-0.2, -0.15) is 4.39 Å². The molecule has 2 aromatic rings. The third-order valence-electron chi connectivity index (χ3n) is 4.39. The lowest BCUT2D eigenvalue weighted by Gasteiger charge is -2.36. The second-order valence-corrected chi connectivity index (χ2v) is 6.29. The molecule has 1 atom stereocenters. The molecule has 0 saturated carbocycles. The number of aromatic amines is 1. The highest BCUT2D eigenvalue weighted by Crippen LogP contribution is 2.18. The predicted molar refractivity (Wildman–Crippen MR) is 94.8 cm³/mol. The SMILES string of the molecule is Cc1nc(N2CCN(C(=O)C(C)Oc3ccccc3F)CC2)[nH]c(=O)c1F. The van der Waals surface area contributed by atoms with Crippen molar-refractivity contribution in [3.05, 3.63) is 51.9 Å². The first kappa shape index (κ1) is 18.8. The molecule has 1 fully saturated rings. The number of anilines is 1. The molecule has 1 saturated heterocycles. The Balaban J connectivity index is 1.61. The molecule has 3 rings (SSSR count). The number of para-hydroxylation sites is 1. The Morgan fingerprint density at radius 1 is 1.22 bits per heavy atom. The molecule has 9 heteroatoms. The molecular weight excluding hydrogens is 358 g/mol. The number of amides is 1. The van der Waals surface area contributed by atoms with Crippen molar-refractivity contribution in [3.8, 4) is 5.75 Å². The fraction of sp³-hybridized carbons (Fsp3) is 0.389. The number of piperazine rings is 1. The van der Waals surface area contributed by atoms with E-state index in [1.54, 1.807) is 28.9 Å². The first-order chi connectivity index (χ1) is 12.9. The minimum atomic E-state index is -0.897. The normalized spacial score (nSPS) is 15.6. The number of carbonyl (C=O) groups is 1. The van der Waals surface area contributed by atoms with E-state index >= 15 is 0 Å². The van der Waals surface area contributed by atoms with Crippen LogP contribution in [0, 0.1) is 18.6 Å². The Labute approximate surface area is 154 Å². The lowest BCUT2D eigenvalue weighted by atomic mass is 10.2. The van der Waals surface area contributed by atoms with Crippen molar-refractivity contribution in [3.63, 3.8) is 0 Å². The number of rotatable bonds is 4. The summed E-state index contributed by atoms with van der Waals surface area (Å²) < 4.78 is 32.5. The molecule has 1 aromatic heterocycles. The number of aryl methyl sites for hydroxylation is 1. The van der Waals surface area contributed by atoms with Crippen LogP contribution in [0.3, 0.4) is 0 Å². The first-order valence-corrected chi connectivity index (χ1v) is 8.58. The number of carbonyl (C=O) groups excluding carboxylic acids is 1. The smallest absolute Gasteiger partial charge is 0.288 e. The van der Waals surface area contributed by atoms with E-state index in [1.807, 2.05) is 0 Å². The van der Waals surface area contributed by atoms with E-state index in [-0.39, 0.29) is 23.3 Å². The van der Waals surface area contributed by atoms with E-state index in [9.17, 15) is 18.4 Å². The number of benzene rings is 1. The van der Waals surface area contributed by atoms with Gasteiger partial charge in [-0.1, -0.05) is 12.1 Å². The van der Waals surface area contributed by atoms with Crippen molar-refractivity contribution >= 4 is 11.9 Å². The van der Waals surface area contributed by atoms with Crippen molar-refractivity contribution in [1.82, 2.24) is 14.9 Å². The summed E-state index contributed by atoms with van der Waals surface area (Å²) in [5.41, 5.74) is -0.790. The number of aromatic nitrogens is 2. The molecule has 1 aromatic carbocycles. The Morgan fingerprint density at radius 3 is 2.52 bits per heavy atom. The third-order valence-corrected chi connectivity index (χ3v) is 4.39. The quantitative estimate of drug-likeness (QED) is 0.872. The van der Waals surface area contributed by atoms with Crippen LogP contribution in [0.1, 0.15) is 12.6 Å². The molecule has 27 heavy (non-hydrogen) atoms. The van der Waals surface area contributed by atoms with E-state index < -0.39 is 23.3 Å². The third kappa shape index (κ3) is 4.07. The van der Waals surface area contributed by atoms with Crippen LogP contribution in [0.5, 0.6) is 5.75 Å². The number of hydrogen-bond donors (Lipinski definition) is 1.